The van der Waals surface area contributed by atoms with Crippen LogP contribution in [0.3, 0.4) is 0 Å². The van der Waals surface area contributed by atoms with Gasteiger partial charge in [-0.1, -0.05) is 23.7 Å². The van der Waals surface area contributed by atoms with Crippen molar-refractivity contribution in [1.82, 2.24) is 10.3 Å². The first-order chi connectivity index (χ1) is 10.7. The number of rotatable bonds is 3. The fourth-order valence-corrected chi connectivity index (χ4v) is 2.48. The van der Waals surface area contributed by atoms with Crippen molar-refractivity contribution in [2.45, 2.75) is 6.10 Å². The molecule has 0 aliphatic carbocycles. The Labute approximate surface area is 145 Å². The molecule has 1 aliphatic heterocycles. The van der Waals surface area contributed by atoms with E-state index in [2.05, 4.69) is 15.6 Å². The van der Waals surface area contributed by atoms with Crippen LogP contribution in [-0.2, 0) is 4.74 Å². The number of carbonyl (C=O) groups is 1. The Morgan fingerprint density at radius 1 is 1.30 bits per heavy atom. The fraction of sp³-hybridized carbons (Fsp3) is 0.250. The number of nitrogens with one attached hydrogen (secondary N) is 2. The smallest absolute Gasteiger partial charge is 0.255 e. The van der Waals surface area contributed by atoms with Gasteiger partial charge in [-0.3, -0.25) is 4.79 Å². The minimum absolute atomic E-state index is 0. The molecular weight excluding hydrogens is 337 g/mol. The lowest BCUT2D eigenvalue weighted by Crippen LogP contribution is -2.33. The second kappa shape index (κ2) is 8.26. The lowest BCUT2D eigenvalue weighted by molar-refractivity contribution is 0.0277. The number of anilines is 1. The van der Waals surface area contributed by atoms with Gasteiger partial charge in [-0.05, 0) is 29.8 Å². The summed E-state index contributed by atoms with van der Waals surface area (Å²) in [5.74, 6) is -0.215. The third-order valence-electron chi connectivity index (χ3n) is 3.46. The number of halogens is 2. The zero-order valence-electron chi connectivity index (χ0n) is 12.3. The molecule has 1 fully saturated rings. The van der Waals surface area contributed by atoms with Crippen LogP contribution in [0.5, 0.6) is 0 Å². The lowest BCUT2D eigenvalue weighted by atomic mass is 10.1. The Bertz CT molecular complexity index is 659. The van der Waals surface area contributed by atoms with Crippen LogP contribution in [0.25, 0.3) is 0 Å². The van der Waals surface area contributed by atoms with E-state index in [4.69, 9.17) is 16.3 Å². The average molecular weight is 354 g/mol. The van der Waals surface area contributed by atoms with E-state index in [1.54, 1.807) is 6.07 Å². The van der Waals surface area contributed by atoms with E-state index in [0.29, 0.717) is 17.3 Å². The zero-order valence-corrected chi connectivity index (χ0v) is 13.9. The molecule has 0 bridgehead atoms. The van der Waals surface area contributed by atoms with Crippen molar-refractivity contribution in [2.24, 2.45) is 0 Å². The molecule has 1 saturated heterocycles. The van der Waals surface area contributed by atoms with Gasteiger partial charge in [-0.2, -0.15) is 0 Å². The van der Waals surface area contributed by atoms with Crippen LogP contribution in [0.15, 0.2) is 42.6 Å². The highest BCUT2D eigenvalue weighted by molar-refractivity contribution is 6.29. The highest BCUT2D eigenvalue weighted by Gasteiger charge is 2.15. The topological polar surface area (TPSA) is 63.2 Å². The second-order valence-corrected chi connectivity index (χ2v) is 5.39. The van der Waals surface area contributed by atoms with Crippen molar-refractivity contribution in [3.05, 3.63) is 58.9 Å². The van der Waals surface area contributed by atoms with Gasteiger partial charge in [0.2, 0.25) is 0 Å². The van der Waals surface area contributed by atoms with E-state index in [1.807, 2.05) is 24.3 Å². The van der Waals surface area contributed by atoms with Gasteiger partial charge in [-0.15, -0.1) is 12.4 Å². The summed E-state index contributed by atoms with van der Waals surface area (Å²) in [6.45, 7) is 2.41. The lowest BCUT2D eigenvalue weighted by Gasteiger charge is -2.24. The molecule has 0 saturated carbocycles. The number of morpholine rings is 1. The fourth-order valence-electron chi connectivity index (χ4n) is 2.31. The Morgan fingerprint density at radius 3 is 2.74 bits per heavy atom. The van der Waals surface area contributed by atoms with Gasteiger partial charge in [0.25, 0.3) is 5.91 Å². The molecule has 2 heterocycles. The summed E-state index contributed by atoms with van der Waals surface area (Å²) in [5, 5.41) is 6.42. The molecule has 1 aromatic carbocycles. The van der Waals surface area contributed by atoms with Crippen LogP contribution < -0.4 is 10.6 Å². The summed E-state index contributed by atoms with van der Waals surface area (Å²) in [6.07, 6.45) is 1.57. The molecule has 1 aliphatic rings. The molecule has 7 heteroatoms. The minimum atomic E-state index is -0.215. The number of hydrogen-bond donors (Lipinski definition) is 2. The number of ether oxygens (including phenoxy) is 1. The molecule has 122 valence electrons. The molecule has 3 rings (SSSR count). The summed E-state index contributed by atoms with van der Waals surface area (Å²) in [5.41, 5.74) is 2.30. The van der Waals surface area contributed by atoms with E-state index in [-0.39, 0.29) is 24.4 Å². The summed E-state index contributed by atoms with van der Waals surface area (Å²) >= 11 is 5.79. The monoisotopic (exact) mass is 353 g/mol. The number of hydrogen-bond acceptors (Lipinski definition) is 4. The number of nitrogens with zero attached hydrogens (tertiary/aromatic N) is 1. The number of pyridine rings is 1. The summed E-state index contributed by atoms with van der Waals surface area (Å²) in [6, 6.07) is 10.8. The highest BCUT2D eigenvalue weighted by atomic mass is 35.5. The van der Waals surface area contributed by atoms with E-state index in [9.17, 15) is 4.79 Å². The third kappa shape index (κ3) is 4.65. The Balaban J connectivity index is 0.00000192. The number of aromatic nitrogens is 1. The SMILES string of the molecule is Cl.O=C(Nc1ccc(C2CNCCO2)cc1)c1ccnc(Cl)c1. The Morgan fingerprint density at radius 2 is 2.09 bits per heavy atom. The van der Waals surface area contributed by atoms with Crippen molar-refractivity contribution in [3.8, 4) is 0 Å². The molecule has 2 N–H and O–H groups in total. The van der Waals surface area contributed by atoms with Crippen LogP contribution in [0, 0.1) is 0 Å². The van der Waals surface area contributed by atoms with E-state index < -0.39 is 0 Å². The van der Waals surface area contributed by atoms with Gasteiger partial charge < -0.3 is 15.4 Å². The van der Waals surface area contributed by atoms with E-state index in [0.717, 1.165) is 24.3 Å². The summed E-state index contributed by atoms with van der Waals surface area (Å²) in [4.78, 5) is 16.0. The molecule has 2 aromatic rings. The maximum absolute atomic E-state index is 12.1. The molecule has 1 amide bonds. The first-order valence-electron chi connectivity index (χ1n) is 7.07. The van der Waals surface area contributed by atoms with Crippen LogP contribution in [0.4, 0.5) is 5.69 Å². The van der Waals surface area contributed by atoms with Gasteiger partial charge in [-0.25, -0.2) is 4.98 Å². The molecule has 0 spiro atoms. The van der Waals surface area contributed by atoms with Crippen LogP contribution in [0.1, 0.15) is 22.0 Å². The van der Waals surface area contributed by atoms with Gasteiger partial charge >= 0.3 is 0 Å². The van der Waals surface area contributed by atoms with Gasteiger partial charge in [0.15, 0.2) is 0 Å². The zero-order chi connectivity index (χ0) is 15.4. The van der Waals surface area contributed by atoms with Gasteiger partial charge in [0.05, 0.1) is 12.7 Å². The standard InChI is InChI=1S/C16H16ClN3O2.ClH/c17-15-9-12(5-6-19-15)16(21)20-13-3-1-11(2-4-13)14-10-18-7-8-22-14;/h1-6,9,14,18H,7-8,10H2,(H,20,21);1H. The minimum Gasteiger partial charge on any atom is -0.371 e. The molecule has 23 heavy (non-hydrogen) atoms. The van der Waals surface area contributed by atoms with Gasteiger partial charge in [0, 0.05) is 30.5 Å². The molecule has 1 atom stereocenters. The van der Waals surface area contributed by atoms with E-state index >= 15 is 0 Å². The first-order valence-corrected chi connectivity index (χ1v) is 7.45. The second-order valence-electron chi connectivity index (χ2n) is 5.01. The number of benzene rings is 1. The largest absolute Gasteiger partial charge is 0.371 e. The van der Waals surface area contributed by atoms with Crippen LogP contribution in [0.2, 0.25) is 5.15 Å². The Kier molecular flexibility index (Phi) is 6.36. The van der Waals surface area contributed by atoms with Crippen molar-refractivity contribution >= 4 is 35.6 Å². The quantitative estimate of drug-likeness (QED) is 0.832. The Hall–Kier alpha value is -1.66. The van der Waals surface area contributed by atoms with Crippen molar-refractivity contribution in [3.63, 3.8) is 0 Å². The van der Waals surface area contributed by atoms with Crippen LogP contribution in [-0.4, -0.2) is 30.6 Å². The van der Waals surface area contributed by atoms with Gasteiger partial charge in [0.1, 0.15) is 5.15 Å². The molecule has 1 unspecified atom stereocenters. The first kappa shape index (κ1) is 17.7. The third-order valence-corrected chi connectivity index (χ3v) is 3.66. The van der Waals surface area contributed by atoms with Crippen molar-refractivity contribution in [2.75, 3.05) is 25.0 Å². The molecule has 1 aromatic heterocycles. The number of carbonyl (C=O) groups excluding carboxylic acids is 1. The average Bonchev–Trinajstić information content (AvgIpc) is 2.56. The van der Waals surface area contributed by atoms with Crippen LogP contribution >= 0.6 is 24.0 Å². The molecular formula is C16H17Cl2N3O2. The number of amides is 1. The maximum atomic E-state index is 12.1. The summed E-state index contributed by atoms with van der Waals surface area (Å²) < 4.78 is 5.70. The summed E-state index contributed by atoms with van der Waals surface area (Å²) in [7, 11) is 0. The van der Waals surface area contributed by atoms with Crippen molar-refractivity contribution in [1.29, 1.82) is 0 Å². The predicted octanol–water partition coefficient (Wildman–Crippen LogP) is 3.07. The molecule has 5 nitrogen and oxygen atoms in total. The maximum Gasteiger partial charge on any atom is 0.255 e. The van der Waals surface area contributed by atoms with E-state index in [1.165, 1.54) is 12.3 Å². The predicted molar refractivity (Wildman–Crippen MR) is 92.5 cm³/mol. The molecule has 0 radical (unpaired) electrons. The van der Waals surface area contributed by atoms with Crippen molar-refractivity contribution < 1.29 is 9.53 Å². The normalized spacial score (nSPS) is 17.2. The highest BCUT2D eigenvalue weighted by Crippen LogP contribution is 2.21.